The molecule has 0 amide bonds. The summed E-state index contributed by atoms with van der Waals surface area (Å²) < 4.78 is 18.1. The Morgan fingerprint density at radius 3 is 2.06 bits per heavy atom. The van der Waals surface area contributed by atoms with Crippen molar-refractivity contribution in [3.8, 4) is 0 Å². The average molecular weight is 456 g/mol. The molecule has 3 aromatic rings. The predicted molar refractivity (Wildman–Crippen MR) is 118 cm³/mol. The lowest BCUT2D eigenvalue weighted by atomic mass is 10.2. The van der Waals surface area contributed by atoms with Crippen LogP contribution in [-0.2, 0) is 27.0 Å². The third-order valence-electron chi connectivity index (χ3n) is 4.68. The van der Waals surface area contributed by atoms with Crippen LogP contribution < -0.4 is 11.2 Å². The summed E-state index contributed by atoms with van der Waals surface area (Å²) in [7, 11) is -3.78. The first-order chi connectivity index (χ1) is 15.2. The molecule has 1 heterocycles. The van der Waals surface area contributed by atoms with Crippen LogP contribution in [-0.4, -0.2) is 31.8 Å². The minimum absolute atomic E-state index is 0.0705. The van der Waals surface area contributed by atoms with Crippen LogP contribution in [0.1, 0.15) is 16.7 Å². The molecule has 0 saturated heterocycles. The number of carbonyl (C=O) groups excluding carboxylic acids is 1. The Kier molecular flexibility index (Phi) is 7.05. The van der Waals surface area contributed by atoms with Gasteiger partial charge < -0.3 is 14.5 Å². The van der Waals surface area contributed by atoms with Crippen molar-refractivity contribution in [3.63, 3.8) is 0 Å². The zero-order chi connectivity index (χ0) is 23.3. The number of hydrogen-bond donors (Lipinski definition) is 2. The van der Waals surface area contributed by atoms with Crippen LogP contribution in [0.3, 0.4) is 0 Å². The van der Waals surface area contributed by atoms with Gasteiger partial charge in [-0.05, 0) is 11.1 Å². The van der Waals surface area contributed by atoms with Crippen LogP contribution >= 0.6 is 7.60 Å². The van der Waals surface area contributed by atoms with Crippen molar-refractivity contribution in [1.29, 1.82) is 0 Å². The number of benzene rings is 2. The molecular weight excluding hydrogens is 435 g/mol. The quantitative estimate of drug-likeness (QED) is 0.303. The molecule has 10 heteroatoms. The van der Waals surface area contributed by atoms with Gasteiger partial charge in [0, 0.05) is 19.4 Å². The fourth-order valence-corrected chi connectivity index (χ4v) is 3.46. The maximum atomic E-state index is 13.1. The lowest BCUT2D eigenvalue weighted by Crippen LogP contribution is -2.41. The maximum absolute atomic E-state index is 13.1. The highest BCUT2D eigenvalue weighted by molar-refractivity contribution is 7.71. The molecule has 32 heavy (non-hydrogen) atoms. The van der Waals surface area contributed by atoms with Gasteiger partial charge in [-0.3, -0.25) is 23.3 Å². The van der Waals surface area contributed by atoms with Crippen LogP contribution in [0, 0.1) is 0 Å². The van der Waals surface area contributed by atoms with Gasteiger partial charge in [-0.15, -0.1) is 0 Å². The number of rotatable bonds is 8. The van der Waals surface area contributed by atoms with Crippen molar-refractivity contribution in [1.82, 2.24) is 9.13 Å². The fraction of sp³-hybridized carbons (Fsp3) is 0.136. The smallest absolute Gasteiger partial charge is 0.398 e. The van der Waals surface area contributed by atoms with Crippen LogP contribution in [0.5, 0.6) is 0 Å². The van der Waals surface area contributed by atoms with E-state index in [4.69, 9.17) is 0 Å². The van der Waals surface area contributed by atoms with Gasteiger partial charge in [-0.25, -0.2) is 4.79 Å². The Bertz CT molecular complexity index is 1310. The van der Waals surface area contributed by atoms with E-state index in [0.717, 1.165) is 23.4 Å². The number of hydrogen-bond acceptors (Lipinski definition) is 6. The van der Waals surface area contributed by atoms with E-state index >= 15 is 0 Å². The summed E-state index contributed by atoms with van der Waals surface area (Å²) in [4.78, 5) is 47.5. The van der Waals surface area contributed by atoms with Crippen molar-refractivity contribution in [2.75, 3.05) is 7.11 Å². The van der Waals surface area contributed by atoms with Gasteiger partial charge in [0.2, 0.25) is 0 Å². The Morgan fingerprint density at radius 2 is 1.53 bits per heavy atom. The third kappa shape index (κ3) is 5.20. The van der Waals surface area contributed by atoms with E-state index in [0.29, 0.717) is 11.6 Å². The molecule has 2 N–H and O–H groups in total. The number of allylic oxidation sites excluding steroid dienone is 1. The van der Waals surface area contributed by atoms with Crippen molar-refractivity contribution >= 4 is 18.9 Å². The van der Waals surface area contributed by atoms with E-state index in [1.165, 1.54) is 4.57 Å². The summed E-state index contributed by atoms with van der Waals surface area (Å²) in [5.41, 5.74) is -1.79. The molecule has 0 aliphatic heterocycles. The summed E-state index contributed by atoms with van der Waals surface area (Å²) >= 11 is 0. The summed E-state index contributed by atoms with van der Waals surface area (Å²) in [5.74, 6) is -0.852. The predicted octanol–water partition coefficient (Wildman–Crippen LogP) is 2.36. The molecule has 0 aliphatic carbocycles. The minimum atomic E-state index is -4.65. The molecule has 0 spiro atoms. The molecule has 166 valence electrons. The second-order valence-electron chi connectivity index (χ2n) is 6.89. The number of nitrogens with zero attached hydrogens (tertiary/aromatic N) is 2. The number of carbonyl (C=O) groups is 1. The van der Waals surface area contributed by atoms with Gasteiger partial charge in [0.15, 0.2) is 0 Å². The van der Waals surface area contributed by atoms with Gasteiger partial charge >= 0.3 is 13.3 Å². The van der Waals surface area contributed by atoms with Crippen LogP contribution in [0.2, 0.25) is 0 Å². The third-order valence-corrected chi connectivity index (χ3v) is 5.86. The first kappa shape index (κ1) is 23.1. The molecule has 9 nitrogen and oxygen atoms in total. The van der Waals surface area contributed by atoms with E-state index in [9.17, 15) is 28.9 Å². The maximum Gasteiger partial charge on any atom is 0.398 e. The van der Waals surface area contributed by atoms with Crippen molar-refractivity contribution in [2.24, 2.45) is 0 Å². The summed E-state index contributed by atoms with van der Waals surface area (Å²) in [5, 5.41) is 10.4. The zero-order valence-electron chi connectivity index (χ0n) is 17.1. The van der Waals surface area contributed by atoms with Gasteiger partial charge in [0.1, 0.15) is 5.76 Å². The normalized spacial score (nSPS) is 13.5. The van der Waals surface area contributed by atoms with Gasteiger partial charge in [0.05, 0.1) is 18.7 Å². The fourth-order valence-electron chi connectivity index (χ4n) is 2.99. The first-order valence-electron chi connectivity index (χ1n) is 9.49. The van der Waals surface area contributed by atoms with Crippen molar-refractivity contribution in [3.05, 3.63) is 110 Å². The van der Waals surface area contributed by atoms with E-state index in [1.54, 1.807) is 54.6 Å². The lowest BCUT2D eigenvalue weighted by molar-refractivity contribution is -0.109. The molecule has 1 aromatic heterocycles. The molecule has 2 aromatic carbocycles. The van der Waals surface area contributed by atoms with E-state index in [1.807, 2.05) is 6.07 Å². The van der Waals surface area contributed by atoms with Gasteiger partial charge in [0.25, 0.3) is 11.1 Å². The van der Waals surface area contributed by atoms with Gasteiger partial charge in [-0.2, -0.15) is 0 Å². The SMILES string of the molecule is COP(=O)(O)C(=O)C=C(O)c1cn(Cc2ccccc2)c(=O)n(Cc2ccccc2)c1=O. The molecule has 3 rings (SSSR count). The molecule has 0 saturated carbocycles. The summed E-state index contributed by atoms with van der Waals surface area (Å²) in [6.45, 7) is 0.0263. The molecule has 0 radical (unpaired) electrons. The van der Waals surface area contributed by atoms with Crippen LogP contribution in [0.25, 0.3) is 5.76 Å². The standard InChI is InChI=1S/C22H21N2O7P/c1-31-32(29,30)20(26)12-19(25)18-15-23(13-16-8-4-2-5-9-16)22(28)24(21(18)27)14-17-10-6-3-7-11-17/h2-12,15,25H,13-14H2,1H3,(H,29,30). The Morgan fingerprint density at radius 1 is 1.00 bits per heavy atom. The Balaban J connectivity index is 2.15. The Labute approximate surface area is 183 Å². The Hall–Kier alpha value is -3.52. The zero-order valence-corrected chi connectivity index (χ0v) is 18.0. The van der Waals surface area contributed by atoms with Crippen molar-refractivity contribution in [2.45, 2.75) is 13.1 Å². The second-order valence-corrected chi connectivity index (χ2v) is 8.73. The number of aromatic nitrogens is 2. The van der Waals surface area contributed by atoms with E-state index in [2.05, 4.69) is 4.52 Å². The topological polar surface area (TPSA) is 128 Å². The van der Waals surface area contributed by atoms with E-state index in [-0.39, 0.29) is 18.7 Å². The highest BCUT2D eigenvalue weighted by Crippen LogP contribution is 2.42. The van der Waals surface area contributed by atoms with Gasteiger partial charge in [-0.1, -0.05) is 60.7 Å². The first-order valence-corrected chi connectivity index (χ1v) is 11.1. The van der Waals surface area contributed by atoms with Crippen LogP contribution in [0.15, 0.2) is 82.5 Å². The highest BCUT2D eigenvalue weighted by atomic mass is 31.2. The van der Waals surface area contributed by atoms with Crippen molar-refractivity contribution < 1.29 is 23.9 Å². The second kappa shape index (κ2) is 9.74. The monoisotopic (exact) mass is 456 g/mol. The lowest BCUT2D eigenvalue weighted by Gasteiger charge is -2.13. The highest BCUT2D eigenvalue weighted by Gasteiger charge is 2.28. The summed E-state index contributed by atoms with van der Waals surface area (Å²) in [6, 6.07) is 17.8. The van der Waals surface area contributed by atoms with E-state index < -0.39 is 30.1 Å². The molecule has 1 unspecified atom stereocenters. The largest absolute Gasteiger partial charge is 0.507 e. The molecular formula is C22H21N2O7P. The molecule has 0 bridgehead atoms. The average Bonchev–Trinajstić information content (AvgIpc) is 2.79. The van der Waals surface area contributed by atoms with Crippen LogP contribution in [0.4, 0.5) is 0 Å². The molecule has 0 fully saturated rings. The minimum Gasteiger partial charge on any atom is -0.507 e. The molecule has 1 atom stereocenters. The number of aliphatic hydroxyl groups excluding tert-OH is 1. The summed E-state index contributed by atoms with van der Waals surface area (Å²) in [6.07, 6.45) is 1.57. The number of aliphatic hydroxyl groups is 1. The molecule has 0 aliphatic rings.